The third-order valence-electron chi connectivity index (χ3n) is 4.30. The predicted molar refractivity (Wildman–Crippen MR) is 136 cm³/mol. The van der Waals surface area contributed by atoms with Gasteiger partial charge < -0.3 is 14.2 Å². The first-order valence-electron chi connectivity index (χ1n) is 12.0. The summed E-state index contributed by atoms with van der Waals surface area (Å²) in [5.41, 5.74) is 0. The van der Waals surface area contributed by atoms with Gasteiger partial charge >= 0.3 is 17.4 Å². The normalized spacial score (nSPS) is 14.8. The number of hydrogen-bond donors (Lipinski definition) is 0. The van der Waals surface area contributed by atoms with Gasteiger partial charge in [0.15, 0.2) is 0 Å². The predicted octanol–water partition coefficient (Wildman–Crippen LogP) is 6.85. The summed E-state index contributed by atoms with van der Waals surface area (Å²) in [6.07, 6.45) is 7.67. The van der Waals surface area contributed by atoms with E-state index in [0.29, 0.717) is 0 Å². The molecule has 3 heterocycles. The van der Waals surface area contributed by atoms with Crippen LogP contribution in [0, 0.1) is 18.2 Å². The van der Waals surface area contributed by atoms with Gasteiger partial charge in [-0.1, -0.05) is 0 Å². The van der Waals surface area contributed by atoms with Crippen LogP contribution in [-0.4, -0.2) is 39.6 Å². The van der Waals surface area contributed by atoms with E-state index >= 15 is 0 Å². The number of ether oxygens (including phenoxy) is 3. The Morgan fingerprint density at radius 2 is 0.529 bits per heavy atom. The molecule has 3 aliphatic rings. The van der Waals surface area contributed by atoms with Crippen molar-refractivity contribution in [2.45, 2.75) is 38.5 Å². The van der Waals surface area contributed by atoms with Gasteiger partial charge in [0, 0.05) is 39.6 Å². The van der Waals surface area contributed by atoms with Crippen molar-refractivity contribution >= 4 is 0 Å². The zero-order valence-corrected chi connectivity index (χ0v) is 21.6. The number of benzene rings is 3. The van der Waals surface area contributed by atoms with Gasteiger partial charge in [-0.15, -0.1) is 0 Å². The Balaban J connectivity index is 0.000000383. The smallest absolute Gasteiger partial charge is 0.381 e. The van der Waals surface area contributed by atoms with Crippen LogP contribution in [-0.2, 0) is 31.6 Å². The van der Waals surface area contributed by atoms with E-state index in [1.165, 1.54) is 38.5 Å². The molecule has 0 aliphatic carbocycles. The van der Waals surface area contributed by atoms with E-state index in [4.69, 9.17) is 14.2 Å². The second-order valence-corrected chi connectivity index (χ2v) is 7.19. The summed E-state index contributed by atoms with van der Waals surface area (Å²) < 4.78 is 14.8. The van der Waals surface area contributed by atoms with Gasteiger partial charge in [-0.2, -0.15) is 109 Å². The summed E-state index contributed by atoms with van der Waals surface area (Å²) in [7, 11) is 0. The van der Waals surface area contributed by atoms with E-state index in [2.05, 4.69) is 18.2 Å². The molecule has 3 nitrogen and oxygen atoms in total. The molecular weight excluding hydrogens is 460 g/mol. The van der Waals surface area contributed by atoms with Crippen molar-refractivity contribution in [3.8, 4) is 0 Å². The molecule has 0 atom stereocenters. The molecule has 3 aromatic rings. The Morgan fingerprint density at radius 3 is 0.588 bits per heavy atom. The molecule has 3 aliphatic heterocycles. The van der Waals surface area contributed by atoms with Crippen LogP contribution in [0.25, 0.3) is 0 Å². The third-order valence-corrected chi connectivity index (χ3v) is 4.30. The molecule has 4 heteroatoms. The maximum absolute atomic E-state index is 4.94. The minimum Gasteiger partial charge on any atom is -0.381 e. The molecular formula is C30H39CrO3. The molecule has 34 heavy (non-hydrogen) atoms. The van der Waals surface area contributed by atoms with Crippen LogP contribution in [0.5, 0.6) is 0 Å². The Morgan fingerprint density at radius 1 is 0.324 bits per heavy atom. The molecule has 3 aromatic carbocycles. The summed E-state index contributed by atoms with van der Waals surface area (Å²) >= 11 is 0. The summed E-state index contributed by atoms with van der Waals surface area (Å²) in [5.74, 6) is 0. The standard InChI is InChI=1S/3C6H5.3C4H8O.Cr/c3*1-2-4-6-5-3-1;3*1-2-4-5-3-1;/h3*1-5H;3*1-4H2;/q3*-1;;;;+3. The molecule has 0 bridgehead atoms. The molecule has 1 radical (unpaired) electrons. The van der Waals surface area contributed by atoms with Crippen molar-refractivity contribution in [1.29, 1.82) is 0 Å². The minimum absolute atomic E-state index is 0. The second kappa shape index (κ2) is 29.1. The fourth-order valence-corrected chi connectivity index (χ4v) is 2.56. The Labute approximate surface area is 218 Å². The first-order valence-corrected chi connectivity index (χ1v) is 12.0. The third kappa shape index (κ3) is 26.3. The van der Waals surface area contributed by atoms with E-state index < -0.39 is 0 Å². The maximum atomic E-state index is 4.94. The number of rotatable bonds is 0. The zero-order valence-electron chi connectivity index (χ0n) is 20.3. The molecule has 3 saturated heterocycles. The van der Waals surface area contributed by atoms with Crippen LogP contribution in [0.3, 0.4) is 0 Å². The van der Waals surface area contributed by atoms with Gasteiger partial charge in [0.2, 0.25) is 0 Å². The molecule has 3 fully saturated rings. The van der Waals surface area contributed by atoms with Crippen LogP contribution in [0.15, 0.2) is 91.0 Å². The van der Waals surface area contributed by atoms with Gasteiger partial charge in [0.25, 0.3) is 0 Å². The van der Waals surface area contributed by atoms with E-state index in [9.17, 15) is 0 Å². The molecule has 0 N–H and O–H groups in total. The molecule has 0 aromatic heterocycles. The van der Waals surface area contributed by atoms with Crippen LogP contribution in [0.1, 0.15) is 38.5 Å². The molecule has 183 valence electrons. The van der Waals surface area contributed by atoms with Crippen molar-refractivity contribution in [2.75, 3.05) is 39.6 Å². The van der Waals surface area contributed by atoms with Crippen LogP contribution < -0.4 is 0 Å². The van der Waals surface area contributed by atoms with Crippen LogP contribution in [0.4, 0.5) is 0 Å². The van der Waals surface area contributed by atoms with E-state index in [1.807, 2.05) is 91.0 Å². The topological polar surface area (TPSA) is 27.7 Å². The van der Waals surface area contributed by atoms with E-state index in [-0.39, 0.29) is 17.4 Å². The van der Waals surface area contributed by atoms with Crippen molar-refractivity contribution < 1.29 is 31.6 Å². The largest absolute Gasteiger partial charge is 3.00 e. The summed E-state index contributed by atoms with van der Waals surface area (Å²) in [5, 5.41) is 0. The molecule has 0 saturated carbocycles. The van der Waals surface area contributed by atoms with E-state index in [1.54, 1.807) is 0 Å². The minimum atomic E-state index is 0. The first kappa shape index (κ1) is 32.1. The molecule has 0 unspecified atom stereocenters. The second-order valence-electron chi connectivity index (χ2n) is 7.19. The summed E-state index contributed by atoms with van der Waals surface area (Å²) in [6, 6.07) is 37.5. The quantitative estimate of drug-likeness (QED) is 0.317. The van der Waals surface area contributed by atoms with Crippen molar-refractivity contribution in [1.82, 2.24) is 0 Å². The Kier molecular flexibility index (Phi) is 27.5. The Hall–Kier alpha value is -1.93. The maximum Gasteiger partial charge on any atom is 3.00 e. The molecule has 0 spiro atoms. The van der Waals surface area contributed by atoms with Crippen LogP contribution >= 0.6 is 0 Å². The number of hydrogen-bond acceptors (Lipinski definition) is 3. The molecule has 0 amide bonds. The van der Waals surface area contributed by atoms with Crippen molar-refractivity contribution in [3.63, 3.8) is 0 Å². The Bertz CT molecular complexity index is 470. The SMILES string of the molecule is C1CCOC1.C1CCOC1.C1CCOC1.[Cr+3].[c-]1ccccc1.[c-]1ccccc1.[c-]1ccccc1. The van der Waals surface area contributed by atoms with Gasteiger partial charge in [0.1, 0.15) is 0 Å². The molecule has 6 rings (SSSR count). The summed E-state index contributed by atoms with van der Waals surface area (Å²) in [4.78, 5) is 0. The van der Waals surface area contributed by atoms with Crippen molar-refractivity contribution in [2.24, 2.45) is 0 Å². The monoisotopic (exact) mass is 499 g/mol. The van der Waals surface area contributed by atoms with Gasteiger partial charge in [-0.3, -0.25) is 0 Å². The van der Waals surface area contributed by atoms with Gasteiger partial charge in [0.05, 0.1) is 0 Å². The average molecular weight is 500 g/mol. The fraction of sp³-hybridized carbons (Fsp3) is 0.400. The van der Waals surface area contributed by atoms with Crippen molar-refractivity contribution in [3.05, 3.63) is 109 Å². The fourth-order valence-electron chi connectivity index (χ4n) is 2.56. The first-order chi connectivity index (χ1) is 16.5. The van der Waals surface area contributed by atoms with E-state index in [0.717, 1.165) is 39.6 Å². The zero-order chi connectivity index (χ0) is 23.3. The van der Waals surface area contributed by atoms with Crippen LogP contribution in [0.2, 0.25) is 0 Å². The van der Waals surface area contributed by atoms with Gasteiger partial charge in [-0.05, 0) is 38.5 Å². The summed E-state index contributed by atoms with van der Waals surface area (Å²) in [6.45, 7) is 6.00. The average Bonchev–Trinajstić information content (AvgIpc) is 3.76. The van der Waals surface area contributed by atoms with Gasteiger partial charge in [-0.25, -0.2) is 0 Å².